The molecule has 3 rings (SSSR count). The summed E-state index contributed by atoms with van der Waals surface area (Å²) >= 11 is 0. The Morgan fingerprint density at radius 1 is 0.714 bits per heavy atom. The highest BCUT2D eigenvalue weighted by Crippen LogP contribution is 2.31. The second-order valence-electron chi connectivity index (χ2n) is 7.48. The number of hydrogen-bond donors (Lipinski definition) is 2. The fourth-order valence-electron chi connectivity index (χ4n) is 3.27. The van der Waals surface area contributed by atoms with Gasteiger partial charge in [-0.25, -0.2) is 21.6 Å². The lowest BCUT2D eigenvalue weighted by atomic mass is 9.95. The Bertz CT molecular complexity index is 1100. The van der Waals surface area contributed by atoms with E-state index in [1.807, 2.05) is 34.6 Å². The summed E-state index contributed by atoms with van der Waals surface area (Å²) in [6.45, 7) is 9.44. The molecule has 2 N–H and O–H groups in total. The van der Waals surface area contributed by atoms with E-state index in [2.05, 4.69) is 9.44 Å². The van der Waals surface area contributed by atoms with Crippen molar-refractivity contribution in [3.8, 4) is 0 Å². The van der Waals surface area contributed by atoms with Crippen LogP contribution in [0.1, 0.15) is 40.7 Å². The molecule has 2 aromatic carbocycles. The van der Waals surface area contributed by atoms with Crippen LogP contribution in [0.4, 0.5) is 5.69 Å². The summed E-state index contributed by atoms with van der Waals surface area (Å²) < 4.78 is 55.8. The molecule has 6 nitrogen and oxygen atoms in total. The molecule has 8 heteroatoms. The van der Waals surface area contributed by atoms with E-state index in [1.54, 1.807) is 0 Å². The van der Waals surface area contributed by atoms with E-state index < -0.39 is 20.0 Å². The van der Waals surface area contributed by atoms with Crippen LogP contribution in [0, 0.1) is 34.6 Å². The average molecular weight is 423 g/mol. The predicted octanol–water partition coefficient (Wildman–Crippen LogP) is 3.47. The third kappa shape index (κ3) is 3.94. The van der Waals surface area contributed by atoms with Crippen molar-refractivity contribution in [1.29, 1.82) is 0 Å². The molecular weight excluding hydrogens is 396 g/mol. The van der Waals surface area contributed by atoms with E-state index in [1.165, 1.54) is 24.3 Å². The van der Waals surface area contributed by atoms with Gasteiger partial charge in [0.1, 0.15) is 0 Å². The van der Waals surface area contributed by atoms with E-state index in [4.69, 9.17) is 0 Å². The van der Waals surface area contributed by atoms with Crippen LogP contribution in [0.25, 0.3) is 0 Å². The molecule has 0 spiro atoms. The van der Waals surface area contributed by atoms with E-state index in [0.29, 0.717) is 5.69 Å². The summed E-state index contributed by atoms with van der Waals surface area (Å²) in [7, 11) is -7.38. The van der Waals surface area contributed by atoms with Crippen LogP contribution in [0.2, 0.25) is 0 Å². The van der Waals surface area contributed by atoms with Gasteiger partial charge in [0.05, 0.1) is 9.79 Å². The largest absolute Gasteiger partial charge is 0.280 e. The van der Waals surface area contributed by atoms with Crippen LogP contribution >= 0.6 is 0 Å². The second kappa shape index (κ2) is 7.17. The predicted molar refractivity (Wildman–Crippen MR) is 111 cm³/mol. The Morgan fingerprint density at radius 2 is 1.18 bits per heavy atom. The lowest BCUT2D eigenvalue weighted by Gasteiger charge is -2.19. The summed E-state index contributed by atoms with van der Waals surface area (Å²) in [5.74, 6) is 0. The van der Waals surface area contributed by atoms with Gasteiger partial charge >= 0.3 is 0 Å². The van der Waals surface area contributed by atoms with Gasteiger partial charge in [-0.3, -0.25) is 4.72 Å². The van der Waals surface area contributed by atoms with Crippen molar-refractivity contribution in [2.45, 2.75) is 63.3 Å². The van der Waals surface area contributed by atoms with Crippen molar-refractivity contribution < 1.29 is 16.8 Å². The van der Waals surface area contributed by atoms with Crippen LogP contribution in [0.5, 0.6) is 0 Å². The zero-order valence-corrected chi connectivity index (χ0v) is 18.4. The minimum Gasteiger partial charge on any atom is -0.280 e. The van der Waals surface area contributed by atoms with Gasteiger partial charge < -0.3 is 0 Å². The minimum atomic E-state index is -3.81. The maximum atomic E-state index is 13.1. The van der Waals surface area contributed by atoms with Gasteiger partial charge in [0, 0.05) is 11.7 Å². The summed E-state index contributed by atoms with van der Waals surface area (Å²) in [5.41, 5.74) is 4.76. The van der Waals surface area contributed by atoms with Gasteiger partial charge in [0.15, 0.2) is 0 Å². The summed E-state index contributed by atoms with van der Waals surface area (Å²) in [6, 6.07) is 5.78. The Kier molecular flexibility index (Phi) is 5.33. The van der Waals surface area contributed by atoms with Gasteiger partial charge in [-0.05, 0) is 99.5 Å². The molecule has 0 aromatic heterocycles. The molecule has 1 aliphatic carbocycles. The fourth-order valence-corrected chi connectivity index (χ4v) is 6.23. The zero-order valence-electron chi connectivity index (χ0n) is 16.8. The van der Waals surface area contributed by atoms with E-state index >= 15 is 0 Å². The molecule has 0 bridgehead atoms. The number of nitrogens with one attached hydrogen (secondary N) is 2. The lowest BCUT2D eigenvalue weighted by molar-refractivity contribution is 0.581. The molecule has 0 atom stereocenters. The van der Waals surface area contributed by atoms with Crippen molar-refractivity contribution in [3.05, 3.63) is 52.1 Å². The maximum absolute atomic E-state index is 13.1. The van der Waals surface area contributed by atoms with Crippen molar-refractivity contribution >= 4 is 25.7 Å². The standard InChI is InChI=1S/C20H26N2O4S2/c1-12-13(2)15(4)20(16(5)14(12)3)28(25,26)22-18-8-10-19(11-9-18)27(23,24)21-17-6-7-17/h8-11,17,21-22H,6-7H2,1-5H3. The molecule has 0 saturated heterocycles. The highest BCUT2D eigenvalue weighted by molar-refractivity contribution is 7.92. The highest BCUT2D eigenvalue weighted by atomic mass is 32.2. The topological polar surface area (TPSA) is 92.3 Å². The van der Waals surface area contributed by atoms with E-state index in [9.17, 15) is 16.8 Å². The fraction of sp³-hybridized carbons (Fsp3) is 0.400. The molecule has 2 aromatic rings. The number of benzene rings is 2. The van der Waals surface area contributed by atoms with Crippen molar-refractivity contribution in [1.82, 2.24) is 4.72 Å². The van der Waals surface area contributed by atoms with Crippen LogP contribution < -0.4 is 9.44 Å². The van der Waals surface area contributed by atoms with Crippen molar-refractivity contribution in [2.75, 3.05) is 4.72 Å². The Balaban J connectivity index is 1.91. The Hall–Kier alpha value is -1.90. The summed E-state index contributed by atoms with van der Waals surface area (Å²) in [5, 5.41) is 0. The first kappa shape index (κ1) is 20.8. The Labute approximate surface area is 167 Å². The highest BCUT2D eigenvalue weighted by Gasteiger charge is 2.28. The number of anilines is 1. The van der Waals surface area contributed by atoms with Gasteiger partial charge in [-0.1, -0.05) is 0 Å². The maximum Gasteiger partial charge on any atom is 0.262 e. The third-order valence-corrected chi connectivity index (χ3v) is 8.71. The molecule has 0 radical (unpaired) electrons. The van der Waals surface area contributed by atoms with Gasteiger partial charge in [-0.2, -0.15) is 0 Å². The van der Waals surface area contributed by atoms with Gasteiger partial charge in [-0.15, -0.1) is 0 Å². The van der Waals surface area contributed by atoms with Crippen LogP contribution in [-0.2, 0) is 20.0 Å². The van der Waals surface area contributed by atoms with E-state index in [0.717, 1.165) is 40.7 Å². The quantitative estimate of drug-likeness (QED) is 0.746. The summed E-state index contributed by atoms with van der Waals surface area (Å²) in [4.78, 5) is 0.400. The first-order valence-electron chi connectivity index (χ1n) is 9.16. The van der Waals surface area contributed by atoms with Crippen LogP contribution in [0.3, 0.4) is 0 Å². The van der Waals surface area contributed by atoms with Gasteiger partial charge in [0.2, 0.25) is 10.0 Å². The lowest BCUT2D eigenvalue weighted by Crippen LogP contribution is -2.25. The first-order chi connectivity index (χ1) is 12.9. The van der Waals surface area contributed by atoms with Crippen molar-refractivity contribution in [2.24, 2.45) is 0 Å². The van der Waals surface area contributed by atoms with E-state index in [-0.39, 0.29) is 15.8 Å². The molecule has 0 amide bonds. The monoisotopic (exact) mass is 422 g/mol. The second-order valence-corrected chi connectivity index (χ2v) is 10.8. The molecule has 1 fully saturated rings. The number of hydrogen-bond acceptors (Lipinski definition) is 4. The zero-order chi connectivity index (χ0) is 20.9. The number of rotatable bonds is 6. The molecule has 28 heavy (non-hydrogen) atoms. The first-order valence-corrected chi connectivity index (χ1v) is 12.1. The van der Waals surface area contributed by atoms with Crippen molar-refractivity contribution in [3.63, 3.8) is 0 Å². The molecule has 1 aliphatic rings. The molecule has 0 unspecified atom stereocenters. The smallest absolute Gasteiger partial charge is 0.262 e. The summed E-state index contributed by atoms with van der Waals surface area (Å²) in [6.07, 6.45) is 1.70. The molecule has 152 valence electrons. The third-order valence-electron chi connectivity index (χ3n) is 5.52. The van der Waals surface area contributed by atoms with Crippen LogP contribution in [0.15, 0.2) is 34.1 Å². The SMILES string of the molecule is Cc1c(C)c(C)c(S(=O)(=O)Nc2ccc(S(=O)(=O)NC3CC3)cc2)c(C)c1C. The normalized spacial score (nSPS) is 14.9. The van der Waals surface area contributed by atoms with Gasteiger partial charge in [0.25, 0.3) is 10.0 Å². The minimum absolute atomic E-state index is 0.0159. The van der Waals surface area contributed by atoms with Crippen LogP contribution in [-0.4, -0.2) is 22.9 Å². The molecule has 0 heterocycles. The molecular formula is C20H26N2O4S2. The molecule has 0 aliphatic heterocycles. The Morgan fingerprint density at radius 3 is 1.64 bits per heavy atom. The number of sulfonamides is 2. The molecule has 1 saturated carbocycles. The average Bonchev–Trinajstić information content (AvgIpc) is 3.41.